The predicted molar refractivity (Wildman–Crippen MR) is 63.7 cm³/mol. The van der Waals surface area contributed by atoms with Gasteiger partial charge in [-0.15, -0.1) is 0 Å². The van der Waals surface area contributed by atoms with Gasteiger partial charge in [0.1, 0.15) is 12.4 Å². The van der Waals surface area contributed by atoms with Gasteiger partial charge in [-0.25, -0.2) is 0 Å². The Kier molecular flexibility index (Phi) is 3.25. The lowest BCUT2D eigenvalue weighted by Crippen LogP contribution is -2.03. The first-order chi connectivity index (χ1) is 8.22. The molecular weight excluding hydrogens is 218 g/mol. The van der Waals surface area contributed by atoms with Crippen LogP contribution >= 0.6 is 0 Å². The fourth-order valence-corrected chi connectivity index (χ4v) is 1.56. The molecule has 17 heavy (non-hydrogen) atoms. The van der Waals surface area contributed by atoms with Gasteiger partial charge in [0.2, 0.25) is 5.78 Å². The molecule has 0 aliphatic rings. The molecule has 88 valence electrons. The summed E-state index contributed by atoms with van der Waals surface area (Å²) < 4.78 is 10.3. The number of methoxy groups -OCH3 is 1. The van der Waals surface area contributed by atoms with Gasteiger partial charge in [-0.2, -0.15) is 0 Å². The van der Waals surface area contributed by atoms with Crippen LogP contribution in [0.15, 0.2) is 40.8 Å². The summed E-state index contributed by atoms with van der Waals surface area (Å²) in [6.45, 7) is 0.345. The average molecular weight is 231 g/mol. The van der Waals surface area contributed by atoms with Crippen molar-refractivity contribution in [2.24, 2.45) is 0 Å². The van der Waals surface area contributed by atoms with Crippen LogP contribution in [0.4, 0.5) is 5.69 Å². The molecule has 0 atom stereocenters. The summed E-state index contributed by atoms with van der Waals surface area (Å²) in [6, 6.07) is 10.3. The summed E-state index contributed by atoms with van der Waals surface area (Å²) >= 11 is 0. The second-order valence-electron chi connectivity index (χ2n) is 3.62. The molecule has 0 bridgehead atoms. The van der Waals surface area contributed by atoms with E-state index < -0.39 is 0 Å². The molecule has 0 radical (unpaired) electrons. The van der Waals surface area contributed by atoms with Crippen LogP contribution in [0.2, 0.25) is 0 Å². The number of carbonyl (C=O) groups is 1. The predicted octanol–water partition coefficient (Wildman–Crippen LogP) is 2.24. The smallest absolute Gasteiger partial charge is 0.230 e. The van der Waals surface area contributed by atoms with Crippen molar-refractivity contribution in [2.75, 3.05) is 12.8 Å². The summed E-state index contributed by atoms with van der Waals surface area (Å²) in [5.74, 6) is 0.672. The number of furan rings is 1. The minimum absolute atomic E-state index is 0.217. The van der Waals surface area contributed by atoms with Crippen LogP contribution in [0.5, 0.6) is 0 Å². The number of nitrogens with two attached hydrogens (primary N) is 1. The molecule has 0 amide bonds. The number of para-hydroxylation sites is 1. The highest BCUT2D eigenvalue weighted by Gasteiger charge is 2.15. The number of anilines is 1. The summed E-state index contributed by atoms with van der Waals surface area (Å²) in [5, 5.41) is 0. The van der Waals surface area contributed by atoms with Gasteiger partial charge in [-0.05, 0) is 24.3 Å². The van der Waals surface area contributed by atoms with Gasteiger partial charge in [-0.3, -0.25) is 4.79 Å². The molecule has 2 aromatic rings. The van der Waals surface area contributed by atoms with Crippen LogP contribution < -0.4 is 5.73 Å². The molecule has 0 fully saturated rings. The van der Waals surface area contributed by atoms with E-state index in [1.54, 1.807) is 43.5 Å². The molecule has 1 aromatic heterocycles. The molecule has 0 saturated heterocycles. The fourth-order valence-electron chi connectivity index (χ4n) is 1.56. The van der Waals surface area contributed by atoms with E-state index in [4.69, 9.17) is 14.9 Å². The van der Waals surface area contributed by atoms with Gasteiger partial charge in [0.25, 0.3) is 0 Å². The average Bonchev–Trinajstić information content (AvgIpc) is 2.78. The van der Waals surface area contributed by atoms with Gasteiger partial charge >= 0.3 is 0 Å². The summed E-state index contributed by atoms with van der Waals surface area (Å²) in [5.41, 5.74) is 6.63. The number of hydrogen-bond donors (Lipinski definition) is 1. The monoisotopic (exact) mass is 231 g/mol. The number of ketones is 1. The van der Waals surface area contributed by atoms with E-state index in [9.17, 15) is 4.79 Å². The largest absolute Gasteiger partial charge is 0.455 e. The Morgan fingerprint density at radius 1 is 1.29 bits per heavy atom. The number of hydrogen-bond acceptors (Lipinski definition) is 4. The maximum atomic E-state index is 12.1. The zero-order valence-electron chi connectivity index (χ0n) is 9.47. The maximum Gasteiger partial charge on any atom is 0.230 e. The number of rotatable bonds is 4. The Labute approximate surface area is 99.0 Å². The van der Waals surface area contributed by atoms with Crippen molar-refractivity contribution in [2.45, 2.75) is 6.61 Å². The van der Waals surface area contributed by atoms with Gasteiger partial charge in [0.05, 0.1) is 0 Å². The zero-order valence-corrected chi connectivity index (χ0v) is 9.47. The van der Waals surface area contributed by atoms with Crippen LogP contribution in [0.25, 0.3) is 0 Å². The normalized spacial score (nSPS) is 10.4. The van der Waals surface area contributed by atoms with Gasteiger partial charge in [0.15, 0.2) is 5.76 Å². The maximum absolute atomic E-state index is 12.1. The van der Waals surface area contributed by atoms with E-state index in [1.807, 2.05) is 0 Å². The van der Waals surface area contributed by atoms with Crippen LogP contribution in [0.1, 0.15) is 21.9 Å². The Bertz CT molecular complexity index is 531. The molecular formula is C13H13NO3. The first-order valence-electron chi connectivity index (χ1n) is 5.19. The van der Waals surface area contributed by atoms with E-state index in [2.05, 4.69) is 0 Å². The van der Waals surface area contributed by atoms with Gasteiger partial charge < -0.3 is 14.9 Å². The lowest BCUT2D eigenvalue weighted by atomic mass is 10.1. The van der Waals surface area contributed by atoms with Gasteiger partial charge in [0, 0.05) is 18.4 Å². The van der Waals surface area contributed by atoms with Crippen molar-refractivity contribution in [3.05, 3.63) is 53.5 Å². The highest BCUT2D eigenvalue weighted by atomic mass is 16.5. The van der Waals surface area contributed by atoms with Crippen molar-refractivity contribution in [1.29, 1.82) is 0 Å². The van der Waals surface area contributed by atoms with E-state index in [0.717, 1.165) is 0 Å². The fraction of sp³-hybridized carbons (Fsp3) is 0.154. The number of carbonyl (C=O) groups excluding carboxylic acids is 1. The van der Waals surface area contributed by atoms with Crippen molar-refractivity contribution in [1.82, 2.24) is 0 Å². The van der Waals surface area contributed by atoms with Gasteiger partial charge in [-0.1, -0.05) is 12.1 Å². The zero-order chi connectivity index (χ0) is 12.3. The molecule has 2 N–H and O–H groups in total. The first kappa shape index (κ1) is 11.4. The third-order valence-electron chi connectivity index (χ3n) is 2.38. The SMILES string of the molecule is COCc1ccc(C(=O)c2ccccc2N)o1. The summed E-state index contributed by atoms with van der Waals surface area (Å²) in [6.07, 6.45) is 0. The molecule has 2 rings (SSSR count). The molecule has 0 spiro atoms. The lowest BCUT2D eigenvalue weighted by molar-refractivity contribution is 0.100. The topological polar surface area (TPSA) is 65.5 Å². The Morgan fingerprint density at radius 2 is 2.06 bits per heavy atom. The van der Waals surface area contributed by atoms with Crippen LogP contribution in [-0.2, 0) is 11.3 Å². The molecule has 0 saturated carbocycles. The number of benzene rings is 1. The Hall–Kier alpha value is -2.07. The number of ether oxygens (including phenoxy) is 1. The van der Waals surface area contributed by atoms with E-state index in [1.165, 1.54) is 0 Å². The van der Waals surface area contributed by atoms with Crippen LogP contribution in [0.3, 0.4) is 0 Å². The molecule has 0 aliphatic heterocycles. The van der Waals surface area contributed by atoms with Crippen molar-refractivity contribution in [3.8, 4) is 0 Å². The van der Waals surface area contributed by atoms with Crippen LogP contribution in [0, 0.1) is 0 Å². The van der Waals surface area contributed by atoms with E-state index in [-0.39, 0.29) is 11.5 Å². The molecule has 4 heteroatoms. The quantitative estimate of drug-likeness (QED) is 0.647. The first-order valence-corrected chi connectivity index (χ1v) is 5.19. The third-order valence-corrected chi connectivity index (χ3v) is 2.38. The second-order valence-corrected chi connectivity index (χ2v) is 3.62. The molecule has 0 aliphatic carbocycles. The minimum atomic E-state index is -0.217. The van der Waals surface area contributed by atoms with Crippen molar-refractivity contribution >= 4 is 11.5 Å². The van der Waals surface area contributed by atoms with Crippen molar-refractivity contribution in [3.63, 3.8) is 0 Å². The van der Waals surface area contributed by atoms with E-state index >= 15 is 0 Å². The highest BCUT2D eigenvalue weighted by molar-refractivity contribution is 6.10. The molecule has 1 aromatic carbocycles. The molecule has 4 nitrogen and oxygen atoms in total. The van der Waals surface area contributed by atoms with E-state index in [0.29, 0.717) is 23.6 Å². The minimum Gasteiger partial charge on any atom is -0.455 e. The summed E-state index contributed by atoms with van der Waals surface area (Å²) in [7, 11) is 1.57. The molecule has 1 heterocycles. The number of nitrogen functional groups attached to an aromatic ring is 1. The van der Waals surface area contributed by atoms with Crippen molar-refractivity contribution < 1.29 is 13.9 Å². The molecule has 0 unspecified atom stereocenters. The third kappa shape index (κ3) is 2.37. The summed E-state index contributed by atoms with van der Waals surface area (Å²) in [4.78, 5) is 12.1. The standard InChI is InChI=1S/C13H13NO3/c1-16-8-9-6-7-12(17-9)13(15)10-4-2-3-5-11(10)14/h2-7H,8,14H2,1H3. The van der Waals surface area contributed by atoms with Crippen LogP contribution in [-0.4, -0.2) is 12.9 Å². The second kappa shape index (κ2) is 4.84. The highest BCUT2D eigenvalue weighted by Crippen LogP contribution is 2.18. The Balaban J connectivity index is 2.28. The lowest BCUT2D eigenvalue weighted by Gasteiger charge is -2.01. The Morgan fingerprint density at radius 3 is 2.76 bits per heavy atom.